The predicted octanol–water partition coefficient (Wildman–Crippen LogP) is 2.88. The van der Waals surface area contributed by atoms with E-state index in [4.69, 9.17) is 0 Å². The van der Waals surface area contributed by atoms with Crippen molar-refractivity contribution in [1.82, 2.24) is 9.47 Å². The Hall–Kier alpha value is -2.41. The molecule has 0 spiro atoms. The number of hydrogen-bond donors (Lipinski definition) is 1. The molecule has 0 aliphatic heterocycles. The Morgan fingerprint density at radius 1 is 1.20 bits per heavy atom. The molecule has 1 aromatic carbocycles. The maximum absolute atomic E-state index is 12.5. The molecular formula is C18H20BrN3O3. The number of carbonyl (C=O) groups is 2. The summed E-state index contributed by atoms with van der Waals surface area (Å²) in [6.45, 7) is 4.91. The Kier molecular flexibility index (Phi) is 6.14. The van der Waals surface area contributed by atoms with Crippen LogP contribution in [-0.2, 0) is 7.05 Å². The van der Waals surface area contributed by atoms with Gasteiger partial charge < -0.3 is 14.8 Å². The van der Waals surface area contributed by atoms with Crippen molar-refractivity contribution >= 4 is 33.4 Å². The Balaban J connectivity index is 2.38. The van der Waals surface area contributed by atoms with Gasteiger partial charge in [0.25, 0.3) is 17.4 Å². The van der Waals surface area contributed by atoms with E-state index in [1.165, 1.54) is 16.8 Å². The van der Waals surface area contributed by atoms with Gasteiger partial charge >= 0.3 is 0 Å². The molecule has 0 saturated heterocycles. The van der Waals surface area contributed by atoms with Gasteiger partial charge in [-0.25, -0.2) is 0 Å². The summed E-state index contributed by atoms with van der Waals surface area (Å²) >= 11 is 3.31. The number of aryl methyl sites for hydroxylation is 1. The summed E-state index contributed by atoms with van der Waals surface area (Å²) in [6.07, 6.45) is 1.48. The standard InChI is InChI=1S/C18H20BrN3O3/c1-4-22(5-2)17(24)12-10-15(18(25)21(3)11-12)20-16(23)13-8-6-7-9-14(13)19/h6-11H,4-5H2,1-3H3,(H,20,23). The fourth-order valence-electron chi connectivity index (χ4n) is 2.45. The van der Waals surface area contributed by atoms with Crippen LogP contribution < -0.4 is 10.9 Å². The zero-order chi connectivity index (χ0) is 18.6. The van der Waals surface area contributed by atoms with Gasteiger partial charge in [-0.05, 0) is 48.0 Å². The van der Waals surface area contributed by atoms with Gasteiger partial charge in [-0.1, -0.05) is 12.1 Å². The van der Waals surface area contributed by atoms with Gasteiger partial charge in [0.05, 0.1) is 11.1 Å². The molecule has 2 rings (SSSR count). The van der Waals surface area contributed by atoms with Crippen LogP contribution in [0.4, 0.5) is 5.69 Å². The molecule has 1 aromatic heterocycles. The molecule has 2 amide bonds. The fraction of sp³-hybridized carbons (Fsp3) is 0.278. The van der Waals surface area contributed by atoms with E-state index in [-0.39, 0.29) is 17.2 Å². The van der Waals surface area contributed by atoms with Crippen molar-refractivity contribution in [2.45, 2.75) is 13.8 Å². The van der Waals surface area contributed by atoms with Crippen LogP contribution in [0.25, 0.3) is 0 Å². The van der Waals surface area contributed by atoms with Gasteiger partial charge in [0, 0.05) is 30.8 Å². The van der Waals surface area contributed by atoms with Gasteiger partial charge in [0.15, 0.2) is 0 Å². The molecule has 7 heteroatoms. The largest absolute Gasteiger partial charge is 0.339 e. The zero-order valence-corrected chi connectivity index (χ0v) is 16.0. The van der Waals surface area contributed by atoms with Crippen molar-refractivity contribution < 1.29 is 9.59 Å². The van der Waals surface area contributed by atoms with Crippen molar-refractivity contribution in [3.8, 4) is 0 Å². The lowest BCUT2D eigenvalue weighted by molar-refractivity contribution is 0.0771. The van der Waals surface area contributed by atoms with E-state index >= 15 is 0 Å². The van der Waals surface area contributed by atoms with Crippen LogP contribution in [0.2, 0.25) is 0 Å². The molecule has 0 aliphatic rings. The smallest absolute Gasteiger partial charge is 0.274 e. The average Bonchev–Trinajstić information content (AvgIpc) is 2.59. The number of pyridine rings is 1. The van der Waals surface area contributed by atoms with Gasteiger partial charge in [-0.15, -0.1) is 0 Å². The molecule has 0 unspecified atom stereocenters. The third-order valence-corrected chi connectivity index (χ3v) is 4.54. The third-order valence-electron chi connectivity index (χ3n) is 3.85. The Labute approximate surface area is 154 Å². The van der Waals surface area contributed by atoms with Crippen LogP contribution >= 0.6 is 15.9 Å². The summed E-state index contributed by atoms with van der Waals surface area (Å²) < 4.78 is 1.92. The van der Waals surface area contributed by atoms with Crippen molar-refractivity contribution in [3.05, 3.63) is 62.5 Å². The van der Waals surface area contributed by atoms with Crippen molar-refractivity contribution in [2.24, 2.45) is 7.05 Å². The minimum atomic E-state index is -0.419. The number of aromatic nitrogens is 1. The van der Waals surface area contributed by atoms with Crippen molar-refractivity contribution in [2.75, 3.05) is 18.4 Å². The highest BCUT2D eigenvalue weighted by Crippen LogP contribution is 2.17. The molecule has 1 heterocycles. The van der Waals surface area contributed by atoms with E-state index in [2.05, 4.69) is 21.2 Å². The normalized spacial score (nSPS) is 10.4. The molecule has 0 fully saturated rings. The number of benzene rings is 1. The second-order valence-electron chi connectivity index (χ2n) is 5.47. The maximum Gasteiger partial charge on any atom is 0.274 e. The SMILES string of the molecule is CCN(CC)C(=O)c1cc(NC(=O)c2ccccc2Br)c(=O)n(C)c1. The van der Waals surface area contributed by atoms with Crippen LogP contribution in [0.5, 0.6) is 0 Å². The molecule has 0 saturated carbocycles. The predicted molar refractivity (Wildman–Crippen MR) is 101 cm³/mol. The highest BCUT2D eigenvalue weighted by atomic mass is 79.9. The molecule has 0 aliphatic carbocycles. The first-order valence-corrected chi connectivity index (χ1v) is 8.74. The molecule has 1 N–H and O–H groups in total. The van der Waals surface area contributed by atoms with E-state index in [9.17, 15) is 14.4 Å². The molecule has 25 heavy (non-hydrogen) atoms. The fourth-order valence-corrected chi connectivity index (χ4v) is 2.91. The molecule has 132 valence electrons. The van der Waals surface area contributed by atoms with Crippen LogP contribution in [0.15, 0.2) is 45.8 Å². The van der Waals surface area contributed by atoms with Crippen LogP contribution in [0.1, 0.15) is 34.6 Å². The number of nitrogens with zero attached hydrogens (tertiary/aromatic N) is 2. The number of carbonyl (C=O) groups excluding carboxylic acids is 2. The van der Waals surface area contributed by atoms with E-state index in [0.29, 0.717) is 28.7 Å². The minimum Gasteiger partial charge on any atom is -0.339 e. The van der Waals surface area contributed by atoms with Crippen LogP contribution in [-0.4, -0.2) is 34.4 Å². The minimum absolute atomic E-state index is 0.0706. The second kappa shape index (κ2) is 8.11. The number of rotatable bonds is 5. The average molecular weight is 406 g/mol. The summed E-state index contributed by atoms with van der Waals surface area (Å²) in [5.41, 5.74) is 0.455. The zero-order valence-electron chi connectivity index (χ0n) is 14.4. The summed E-state index contributed by atoms with van der Waals surface area (Å²) in [6, 6.07) is 8.35. The van der Waals surface area contributed by atoms with Gasteiger partial charge in [0.1, 0.15) is 5.69 Å². The lowest BCUT2D eigenvalue weighted by Crippen LogP contribution is -2.32. The van der Waals surface area contributed by atoms with E-state index in [1.54, 1.807) is 36.2 Å². The molecule has 6 nitrogen and oxygen atoms in total. The van der Waals surface area contributed by atoms with E-state index in [1.807, 2.05) is 13.8 Å². The van der Waals surface area contributed by atoms with Crippen molar-refractivity contribution in [3.63, 3.8) is 0 Å². The van der Waals surface area contributed by atoms with E-state index in [0.717, 1.165) is 0 Å². The summed E-state index contributed by atoms with van der Waals surface area (Å²) in [5.74, 6) is -0.603. The lowest BCUT2D eigenvalue weighted by Gasteiger charge is -2.19. The van der Waals surface area contributed by atoms with Gasteiger partial charge in [-0.3, -0.25) is 14.4 Å². The monoisotopic (exact) mass is 405 g/mol. The quantitative estimate of drug-likeness (QED) is 0.830. The number of hydrogen-bond acceptors (Lipinski definition) is 3. The Bertz CT molecular complexity index is 857. The Morgan fingerprint density at radius 3 is 2.44 bits per heavy atom. The first kappa shape index (κ1) is 18.9. The third kappa shape index (κ3) is 4.17. The number of nitrogens with one attached hydrogen (secondary N) is 1. The van der Waals surface area contributed by atoms with Crippen LogP contribution in [0, 0.1) is 0 Å². The van der Waals surface area contributed by atoms with E-state index < -0.39 is 5.91 Å². The number of halogens is 1. The lowest BCUT2D eigenvalue weighted by atomic mass is 10.2. The van der Waals surface area contributed by atoms with Gasteiger partial charge in [-0.2, -0.15) is 0 Å². The number of amides is 2. The first-order valence-electron chi connectivity index (χ1n) is 7.94. The molecule has 0 radical (unpaired) electrons. The molecular weight excluding hydrogens is 386 g/mol. The molecule has 0 bridgehead atoms. The Morgan fingerprint density at radius 2 is 1.84 bits per heavy atom. The van der Waals surface area contributed by atoms with Gasteiger partial charge in [0.2, 0.25) is 0 Å². The summed E-state index contributed by atoms with van der Waals surface area (Å²) in [5, 5.41) is 2.61. The summed E-state index contributed by atoms with van der Waals surface area (Å²) in [4.78, 5) is 38.9. The van der Waals surface area contributed by atoms with Crippen molar-refractivity contribution in [1.29, 1.82) is 0 Å². The highest BCUT2D eigenvalue weighted by Gasteiger charge is 2.17. The number of anilines is 1. The first-order chi connectivity index (χ1) is 11.9. The second-order valence-corrected chi connectivity index (χ2v) is 6.32. The maximum atomic E-state index is 12.5. The summed E-state index contributed by atoms with van der Waals surface area (Å²) in [7, 11) is 1.55. The topological polar surface area (TPSA) is 71.4 Å². The molecule has 2 aromatic rings. The molecule has 0 atom stereocenters. The highest BCUT2D eigenvalue weighted by molar-refractivity contribution is 9.10. The van der Waals surface area contributed by atoms with Crippen LogP contribution in [0.3, 0.4) is 0 Å².